The Morgan fingerprint density at radius 1 is 1.35 bits per heavy atom. The Hall–Kier alpha value is -1.49. The molecule has 0 bridgehead atoms. The predicted molar refractivity (Wildman–Crippen MR) is 78.8 cm³/mol. The van der Waals surface area contributed by atoms with Crippen LogP contribution in [-0.2, 0) is 12.8 Å². The number of nitrogens with two attached hydrogens (primary N) is 1. The summed E-state index contributed by atoms with van der Waals surface area (Å²) in [5.41, 5.74) is 5.88. The number of pyridine rings is 1. The average Bonchev–Trinajstić information content (AvgIpc) is 2.46. The molecule has 5 heteroatoms. The number of halogens is 2. The molecular weight excluding hydrogens is 277 g/mol. The lowest BCUT2D eigenvalue weighted by Gasteiger charge is -2.19. The van der Waals surface area contributed by atoms with E-state index in [2.05, 4.69) is 17.3 Å². The van der Waals surface area contributed by atoms with Gasteiger partial charge in [0.05, 0.1) is 6.04 Å². The molecule has 3 nitrogen and oxygen atoms in total. The van der Waals surface area contributed by atoms with E-state index in [1.165, 1.54) is 12.1 Å². The summed E-state index contributed by atoms with van der Waals surface area (Å²) in [6.07, 6.45) is 5.04. The number of rotatable bonds is 5. The molecule has 1 atom stereocenters. The number of benzene rings is 1. The van der Waals surface area contributed by atoms with Crippen molar-refractivity contribution in [3.8, 4) is 0 Å². The molecule has 0 aliphatic rings. The first-order valence-electron chi connectivity index (χ1n) is 6.48. The summed E-state index contributed by atoms with van der Waals surface area (Å²) in [6, 6.07) is 6.27. The van der Waals surface area contributed by atoms with Crippen LogP contribution in [0.3, 0.4) is 0 Å². The summed E-state index contributed by atoms with van der Waals surface area (Å²) in [7, 11) is 0. The molecule has 0 spiro atoms. The highest BCUT2D eigenvalue weighted by atomic mass is 35.5. The van der Waals surface area contributed by atoms with Crippen LogP contribution < -0.4 is 11.3 Å². The summed E-state index contributed by atoms with van der Waals surface area (Å²) >= 11 is 6.07. The number of nitrogens with one attached hydrogen (secondary N) is 1. The van der Waals surface area contributed by atoms with E-state index in [1.807, 2.05) is 12.3 Å². The lowest BCUT2D eigenvalue weighted by atomic mass is 9.95. The molecule has 1 heterocycles. The molecule has 1 aromatic heterocycles. The summed E-state index contributed by atoms with van der Waals surface area (Å²) in [4.78, 5) is 4.12. The van der Waals surface area contributed by atoms with Crippen LogP contribution in [0.25, 0.3) is 0 Å². The first-order chi connectivity index (χ1) is 9.65. The second kappa shape index (κ2) is 6.79. The molecule has 0 aliphatic carbocycles. The normalized spacial score (nSPS) is 12.4. The van der Waals surface area contributed by atoms with Crippen LogP contribution in [0.2, 0.25) is 5.02 Å². The zero-order chi connectivity index (χ0) is 14.5. The highest BCUT2D eigenvalue weighted by Crippen LogP contribution is 2.25. The maximum absolute atomic E-state index is 13.1. The van der Waals surface area contributed by atoms with Gasteiger partial charge < -0.3 is 0 Å². The number of nitrogens with zero attached hydrogens (tertiary/aromatic N) is 1. The monoisotopic (exact) mass is 293 g/mol. The number of hydrogen-bond acceptors (Lipinski definition) is 3. The summed E-state index contributed by atoms with van der Waals surface area (Å²) in [5.74, 6) is 5.33. The molecule has 3 N–H and O–H groups in total. The van der Waals surface area contributed by atoms with E-state index in [0.29, 0.717) is 11.4 Å². The van der Waals surface area contributed by atoms with Crippen molar-refractivity contribution < 1.29 is 4.39 Å². The molecule has 20 heavy (non-hydrogen) atoms. The van der Waals surface area contributed by atoms with Crippen LogP contribution in [0.1, 0.15) is 29.7 Å². The third-order valence-corrected chi connectivity index (χ3v) is 3.69. The zero-order valence-corrected chi connectivity index (χ0v) is 12.0. The number of hydrazine groups is 1. The molecular formula is C15H17ClFN3. The summed E-state index contributed by atoms with van der Waals surface area (Å²) < 4.78 is 13.1. The molecule has 0 aliphatic heterocycles. The van der Waals surface area contributed by atoms with Gasteiger partial charge in [0.25, 0.3) is 0 Å². The largest absolute Gasteiger partial charge is 0.271 e. The third kappa shape index (κ3) is 3.33. The van der Waals surface area contributed by atoms with Crippen molar-refractivity contribution in [2.45, 2.75) is 25.8 Å². The highest BCUT2D eigenvalue weighted by Gasteiger charge is 2.15. The molecule has 106 valence electrons. The molecule has 0 saturated carbocycles. The van der Waals surface area contributed by atoms with E-state index >= 15 is 0 Å². The standard InChI is InChI=1S/C15H17ClFN3/c1-2-10-9-19-6-5-13(10)15(20-18)7-11-3-4-12(17)8-14(11)16/h3-6,8-9,15,20H,2,7,18H2,1H3. The van der Waals surface area contributed by atoms with Gasteiger partial charge in [-0.15, -0.1) is 0 Å². The Morgan fingerprint density at radius 3 is 2.80 bits per heavy atom. The number of aromatic nitrogens is 1. The molecule has 0 amide bonds. The second-order valence-corrected chi connectivity index (χ2v) is 4.99. The van der Waals surface area contributed by atoms with Crippen molar-refractivity contribution in [1.82, 2.24) is 10.4 Å². The lowest BCUT2D eigenvalue weighted by molar-refractivity contribution is 0.546. The van der Waals surface area contributed by atoms with Crippen LogP contribution in [0.5, 0.6) is 0 Å². The van der Waals surface area contributed by atoms with Gasteiger partial charge in [0, 0.05) is 17.4 Å². The molecule has 0 fully saturated rings. The van der Waals surface area contributed by atoms with Gasteiger partial charge in [0.15, 0.2) is 0 Å². The third-order valence-electron chi connectivity index (χ3n) is 3.34. The Labute approximate surface area is 122 Å². The smallest absolute Gasteiger partial charge is 0.124 e. The Balaban J connectivity index is 2.29. The quantitative estimate of drug-likeness (QED) is 0.657. The topological polar surface area (TPSA) is 50.9 Å². The maximum atomic E-state index is 13.1. The van der Waals surface area contributed by atoms with E-state index in [4.69, 9.17) is 17.4 Å². The van der Waals surface area contributed by atoms with Gasteiger partial charge in [-0.3, -0.25) is 16.3 Å². The van der Waals surface area contributed by atoms with Gasteiger partial charge in [-0.1, -0.05) is 24.6 Å². The molecule has 0 radical (unpaired) electrons. The van der Waals surface area contributed by atoms with E-state index in [0.717, 1.165) is 23.1 Å². The van der Waals surface area contributed by atoms with Crippen molar-refractivity contribution in [3.05, 3.63) is 64.2 Å². The second-order valence-electron chi connectivity index (χ2n) is 4.59. The van der Waals surface area contributed by atoms with E-state index in [1.54, 1.807) is 12.3 Å². The van der Waals surface area contributed by atoms with E-state index < -0.39 is 0 Å². The van der Waals surface area contributed by atoms with Crippen molar-refractivity contribution in [2.24, 2.45) is 5.84 Å². The number of aryl methyl sites for hydroxylation is 1. The summed E-state index contributed by atoms with van der Waals surface area (Å²) in [5, 5.41) is 0.414. The SMILES string of the molecule is CCc1cnccc1C(Cc1ccc(F)cc1Cl)NN. The van der Waals surface area contributed by atoms with E-state index in [9.17, 15) is 4.39 Å². The highest BCUT2D eigenvalue weighted by molar-refractivity contribution is 6.31. The van der Waals surface area contributed by atoms with Gasteiger partial charge in [-0.25, -0.2) is 4.39 Å². The minimum atomic E-state index is -0.339. The van der Waals surface area contributed by atoms with Crippen molar-refractivity contribution in [3.63, 3.8) is 0 Å². The molecule has 1 unspecified atom stereocenters. The first-order valence-corrected chi connectivity index (χ1v) is 6.86. The Kier molecular flexibility index (Phi) is 5.06. The maximum Gasteiger partial charge on any atom is 0.124 e. The predicted octanol–water partition coefficient (Wildman–Crippen LogP) is 3.18. The molecule has 2 aromatic rings. The fraction of sp³-hybridized carbons (Fsp3) is 0.267. The minimum absolute atomic E-state index is 0.0871. The molecule has 2 rings (SSSR count). The van der Waals surface area contributed by atoms with Crippen LogP contribution in [-0.4, -0.2) is 4.98 Å². The fourth-order valence-electron chi connectivity index (χ4n) is 2.24. The van der Waals surface area contributed by atoms with Crippen molar-refractivity contribution in [2.75, 3.05) is 0 Å². The number of hydrogen-bond donors (Lipinski definition) is 2. The van der Waals surface area contributed by atoms with Crippen LogP contribution >= 0.6 is 11.6 Å². The van der Waals surface area contributed by atoms with Gasteiger partial charge in [0.2, 0.25) is 0 Å². The van der Waals surface area contributed by atoms with Gasteiger partial charge >= 0.3 is 0 Å². The van der Waals surface area contributed by atoms with Crippen molar-refractivity contribution >= 4 is 11.6 Å². The Morgan fingerprint density at radius 2 is 2.15 bits per heavy atom. The fourth-order valence-corrected chi connectivity index (χ4v) is 2.48. The van der Waals surface area contributed by atoms with Gasteiger partial charge in [0.1, 0.15) is 5.82 Å². The Bertz CT molecular complexity index is 589. The van der Waals surface area contributed by atoms with Gasteiger partial charge in [-0.05, 0) is 47.7 Å². The average molecular weight is 294 g/mol. The molecule has 1 aromatic carbocycles. The summed E-state index contributed by atoms with van der Waals surface area (Å²) in [6.45, 7) is 2.07. The van der Waals surface area contributed by atoms with Gasteiger partial charge in [-0.2, -0.15) is 0 Å². The van der Waals surface area contributed by atoms with E-state index in [-0.39, 0.29) is 11.9 Å². The minimum Gasteiger partial charge on any atom is -0.271 e. The van der Waals surface area contributed by atoms with Crippen molar-refractivity contribution in [1.29, 1.82) is 0 Å². The van der Waals surface area contributed by atoms with Crippen LogP contribution in [0.4, 0.5) is 4.39 Å². The lowest BCUT2D eigenvalue weighted by Crippen LogP contribution is -2.30. The van der Waals surface area contributed by atoms with Crippen LogP contribution in [0.15, 0.2) is 36.7 Å². The van der Waals surface area contributed by atoms with Crippen LogP contribution in [0, 0.1) is 5.82 Å². The molecule has 0 saturated heterocycles. The first kappa shape index (κ1) is 14.9. The zero-order valence-electron chi connectivity index (χ0n) is 11.2.